The maximum atomic E-state index is 14.1. The van der Waals surface area contributed by atoms with Crippen LogP contribution in [-0.4, -0.2) is 45.9 Å². The molecule has 3 N–H and O–H groups in total. The number of nitrogens with one attached hydrogen (secondary N) is 1. The maximum absolute atomic E-state index is 14.1. The van der Waals surface area contributed by atoms with Gasteiger partial charge in [0, 0.05) is 17.0 Å². The van der Waals surface area contributed by atoms with Gasteiger partial charge in [-0.15, -0.1) is 0 Å². The normalized spacial score (nSPS) is 14.7. The third-order valence-electron chi connectivity index (χ3n) is 6.08. The van der Waals surface area contributed by atoms with Crippen LogP contribution in [0.1, 0.15) is 46.5 Å². The maximum Gasteiger partial charge on any atom is 0.459 e. The van der Waals surface area contributed by atoms with E-state index in [4.69, 9.17) is 40.8 Å². The fourth-order valence-corrected chi connectivity index (χ4v) is 5.96. The van der Waals surface area contributed by atoms with Crippen LogP contribution in [0, 0.1) is 0 Å². The van der Waals surface area contributed by atoms with Gasteiger partial charge in [0.05, 0.1) is 29.8 Å². The molecule has 13 heteroatoms. The largest absolute Gasteiger partial charge is 0.462 e. The van der Waals surface area contributed by atoms with Crippen molar-refractivity contribution in [3.63, 3.8) is 0 Å². The van der Waals surface area contributed by atoms with Crippen molar-refractivity contribution >= 4 is 53.1 Å². The van der Waals surface area contributed by atoms with Crippen molar-refractivity contribution in [3.8, 4) is 5.75 Å². The summed E-state index contributed by atoms with van der Waals surface area (Å²) in [6.07, 6.45) is -0.348. The summed E-state index contributed by atoms with van der Waals surface area (Å²) in [5.74, 6) is 0.556. The number of nitrogens with two attached hydrogens (primary N) is 1. The number of imidazole rings is 1. The number of aromatic nitrogens is 3. The molecule has 0 bridgehead atoms. The number of carbonyl (C=O) groups excluding carboxylic acids is 1. The number of pyridine rings is 1. The van der Waals surface area contributed by atoms with E-state index in [2.05, 4.69) is 10.1 Å². The minimum atomic E-state index is -4.12. The van der Waals surface area contributed by atoms with Gasteiger partial charge in [0.2, 0.25) is 0 Å². The Morgan fingerprint density at radius 1 is 1.10 bits per heavy atom. The Morgan fingerprint density at radius 3 is 2.49 bits per heavy atom. The minimum absolute atomic E-state index is 0.0784. The number of hydrogen-bond donors (Lipinski definition) is 2. The van der Waals surface area contributed by atoms with Crippen molar-refractivity contribution in [2.75, 3.05) is 18.9 Å². The number of benzene rings is 2. The number of para-hydroxylation sites is 1. The van der Waals surface area contributed by atoms with Crippen LogP contribution in [-0.2, 0) is 30.0 Å². The highest BCUT2D eigenvalue weighted by Crippen LogP contribution is 2.46. The summed E-state index contributed by atoms with van der Waals surface area (Å²) in [6, 6.07) is 12.5. The number of nitrogens with zero attached hydrogens (tertiary/aromatic N) is 3. The average molecular weight is 604 g/mol. The summed E-state index contributed by atoms with van der Waals surface area (Å²) in [7, 11) is -4.12. The first kappa shape index (κ1) is 30.7. The Balaban J connectivity index is 1.68. The van der Waals surface area contributed by atoms with Crippen molar-refractivity contribution in [2.45, 2.75) is 59.4 Å². The molecular formula is C28H35ClN5O6P. The highest BCUT2D eigenvalue weighted by atomic mass is 35.5. The summed E-state index contributed by atoms with van der Waals surface area (Å²) in [6.45, 7) is 9.41. The van der Waals surface area contributed by atoms with Crippen LogP contribution in [0.4, 0.5) is 5.82 Å². The van der Waals surface area contributed by atoms with Gasteiger partial charge in [0.25, 0.3) is 0 Å². The zero-order chi connectivity index (χ0) is 29.7. The summed E-state index contributed by atoms with van der Waals surface area (Å²) < 4.78 is 38.7. The van der Waals surface area contributed by atoms with Crippen LogP contribution in [0.5, 0.6) is 5.75 Å². The number of fused-ring (bicyclic) bond motifs is 3. The Hall–Kier alpha value is -3.21. The molecular weight excluding hydrogens is 569 g/mol. The summed E-state index contributed by atoms with van der Waals surface area (Å²) >= 11 is 6.00. The van der Waals surface area contributed by atoms with Gasteiger partial charge in [-0.05, 0) is 65.0 Å². The summed E-state index contributed by atoms with van der Waals surface area (Å²) in [5.41, 5.74) is 8.31. The Bertz CT molecular complexity index is 1560. The Labute approximate surface area is 243 Å². The molecule has 2 aromatic heterocycles. The first-order valence-corrected chi connectivity index (χ1v) is 15.2. The SMILES string of the molecule is CCOCc1nc2c(N)nc3ccccc3c2n1[C@@H](C)COP(=O)(N[C@@H](C)C(=O)OC(C)C)Oc1ccc(Cl)cc1. The molecule has 0 amide bonds. The number of esters is 1. The van der Waals surface area contributed by atoms with Crippen LogP contribution >= 0.6 is 19.3 Å². The highest BCUT2D eigenvalue weighted by molar-refractivity contribution is 7.52. The molecule has 41 heavy (non-hydrogen) atoms. The highest BCUT2D eigenvalue weighted by Gasteiger charge is 2.34. The molecule has 220 valence electrons. The van der Waals surface area contributed by atoms with Gasteiger partial charge >= 0.3 is 13.7 Å². The lowest BCUT2D eigenvalue weighted by atomic mass is 10.1. The number of nitrogen functional groups attached to an aromatic ring is 1. The van der Waals surface area contributed by atoms with Gasteiger partial charge in [-0.2, -0.15) is 5.09 Å². The van der Waals surface area contributed by atoms with Crippen LogP contribution in [0.2, 0.25) is 5.02 Å². The van der Waals surface area contributed by atoms with E-state index in [-0.39, 0.29) is 25.1 Å². The van der Waals surface area contributed by atoms with Gasteiger partial charge in [0.15, 0.2) is 5.82 Å². The van der Waals surface area contributed by atoms with Crippen molar-refractivity contribution < 1.29 is 27.9 Å². The van der Waals surface area contributed by atoms with Crippen molar-refractivity contribution in [1.29, 1.82) is 0 Å². The first-order valence-electron chi connectivity index (χ1n) is 13.3. The molecule has 0 saturated heterocycles. The van der Waals surface area contributed by atoms with Gasteiger partial charge in [-0.3, -0.25) is 9.32 Å². The molecule has 0 radical (unpaired) electrons. The molecule has 2 aromatic carbocycles. The van der Waals surface area contributed by atoms with Crippen LogP contribution in [0.15, 0.2) is 48.5 Å². The smallest absolute Gasteiger partial charge is 0.459 e. The molecule has 0 spiro atoms. The van der Waals surface area contributed by atoms with E-state index in [1.807, 2.05) is 42.7 Å². The lowest BCUT2D eigenvalue weighted by Gasteiger charge is -2.25. The molecule has 4 rings (SSSR count). The lowest BCUT2D eigenvalue weighted by Crippen LogP contribution is -2.36. The predicted molar refractivity (Wildman–Crippen MR) is 159 cm³/mol. The number of halogens is 1. The van der Waals surface area contributed by atoms with E-state index in [9.17, 15) is 9.36 Å². The molecule has 3 atom stereocenters. The number of carbonyl (C=O) groups is 1. The van der Waals surface area contributed by atoms with E-state index in [1.54, 1.807) is 38.1 Å². The third-order valence-corrected chi connectivity index (χ3v) is 7.98. The fourth-order valence-electron chi connectivity index (χ4n) is 4.27. The topological polar surface area (TPSA) is 140 Å². The average Bonchev–Trinajstić information content (AvgIpc) is 3.32. The Kier molecular flexibility index (Phi) is 9.88. The molecule has 0 aliphatic heterocycles. The minimum Gasteiger partial charge on any atom is -0.462 e. The van der Waals surface area contributed by atoms with Gasteiger partial charge in [0.1, 0.15) is 29.7 Å². The molecule has 0 fully saturated rings. The van der Waals surface area contributed by atoms with E-state index >= 15 is 0 Å². The molecule has 1 unspecified atom stereocenters. The van der Waals surface area contributed by atoms with Gasteiger partial charge in [-0.1, -0.05) is 29.8 Å². The molecule has 0 aliphatic carbocycles. The molecule has 4 aromatic rings. The second-order valence-corrected chi connectivity index (χ2v) is 11.9. The number of ether oxygens (including phenoxy) is 2. The molecule has 2 heterocycles. The van der Waals surface area contributed by atoms with E-state index < -0.39 is 25.8 Å². The first-order chi connectivity index (χ1) is 19.5. The van der Waals surface area contributed by atoms with Crippen LogP contribution in [0.25, 0.3) is 21.9 Å². The summed E-state index contributed by atoms with van der Waals surface area (Å²) in [4.78, 5) is 21.8. The van der Waals surface area contributed by atoms with Crippen LogP contribution in [0.3, 0.4) is 0 Å². The number of rotatable bonds is 13. The zero-order valence-corrected chi connectivity index (χ0v) is 25.3. The Morgan fingerprint density at radius 2 is 1.80 bits per heavy atom. The number of hydrogen-bond acceptors (Lipinski definition) is 9. The molecule has 0 saturated carbocycles. The number of anilines is 1. The zero-order valence-electron chi connectivity index (χ0n) is 23.7. The van der Waals surface area contributed by atoms with Crippen LogP contribution < -0.4 is 15.3 Å². The quantitative estimate of drug-likeness (QED) is 0.137. The fraction of sp³-hybridized carbons (Fsp3) is 0.393. The van der Waals surface area contributed by atoms with Crippen molar-refractivity contribution in [3.05, 3.63) is 59.4 Å². The molecule has 11 nitrogen and oxygen atoms in total. The lowest BCUT2D eigenvalue weighted by molar-refractivity contribution is -0.149. The van der Waals surface area contributed by atoms with E-state index in [1.165, 1.54) is 6.92 Å². The standard InChI is InChI=1S/C28H35ClN5O6P/c1-6-37-16-24-32-25-26(22-9-7-8-10-23(22)31-27(25)30)34(24)18(4)15-38-41(36,33-19(5)28(35)39-17(2)3)40-21-13-11-20(29)12-14-21/h7-14,17-19H,6,15-16H2,1-5H3,(H2,30,31)(H,33,36)/t18-,19-,41?/m0/s1. The third kappa shape index (κ3) is 7.36. The molecule has 0 aliphatic rings. The van der Waals surface area contributed by atoms with E-state index in [0.29, 0.717) is 34.3 Å². The van der Waals surface area contributed by atoms with E-state index in [0.717, 1.165) is 10.9 Å². The monoisotopic (exact) mass is 603 g/mol. The summed E-state index contributed by atoms with van der Waals surface area (Å²) in [5, 5.41) is 4.05. The second kappa shape index (κ2) is 13.2. The van der Waals surface area contributed by atoms with Crippen molar-refractivity contribution in [1.82, 2.24) is 19.6 Å². The van der Waals surface area contributed by atoms with Gasteiger partial charge < -0.3 is 24.3 Å². The second-order valence-electron chi connectivity index (χ2n) is 9.77. The van der Waals surface area contributed by atoms with Gasteiger partial charge in [-0.25, -0.2) is 14.5 Å². The van der Waals surface area contributed by atoms with Crippen molar-refractivity contribution in [2.24, 2.45) is 0 Å². The predicted octanol–water partition coefficient (Wildman–Crippen LogP) is 6.05.